The number of hydrogen-bond donors (Lipinski definition) is 1. The van der Waals surface area contributed by atoms with Crippen LogP contribution >= 0.6 is 15.9 Å². The molecule has 4 heteroatoms. The van der Waals surface area contributed by atoms with Gasteiger partial charge in [0.15, 0.2) is 5.96 Å². The second-order valence-corrected chi connectivity index (χ2v) is 6.56. The topological polar surface area (TPSA) is 41.6 Å². The Morgan fingerprint density at radius 3 is 3.05 bits per heavy atom. The Morgan fingerprint density at radius 2 is 2.26 bits per heavy atom. The van der Waals surface area contributed by atoms with Crippen LogP contribution in [-0.2, 0) is 12.8 Å². The minimum Gasteiger partial charge on any atom is -0.370 e. The van der Waals surface area contributed by atoms with Crippen LogP contribution in [0.3, 0.4) is 0 Å². The summed E-state index contributed by atoms with van der Waals surface area (Å²) < 4.78 is 1.18. The fraction of sp³-hybridized carbons (Fsp3) is 0.533. The molecule has 102 valence electrons. The summed E-state index contributed by atoms with van der Waals surface area (Å²) in [4.78, 5) is 6.86. The number of aliphatic imine (C=N–C) groups is 1. The first kappa shape index (κ1) is 13.0. The van der Waals surface area contributed by atoms with Crippen LogP contribution in [0, 0.1) is 0 Å². The van der Waals surface area contributed by atoms with Crippen LogP contribution in [0.2, 0.25) is 0 Å². The van der Waals surface area contributed by atoms with Crippen molar-refractivity contribution >= 4 is 21.9 Å². The summed E-state index contributed by atoms with van der Waals surface area (Å²) >= 11 is 3.56. The number of guanidine groups is 1. The molecule has 0 saturated carbocycles. The lowest BCUT2D eigenvalue weighted by Crippen LogP contribution is -2.54. The first-order valence-electron chi connectivity index (χ1n) is 6.99. The highest BCUT2D eigenvalue weighted by molar-refractivity contribution is 9.10. The molecule has 0 aromatic heterocycles. The van der Waals surface area contributed by atoms with Gasteiger partial charge in [0.05, 0.1) is 12.1 Å². The van der Waals surface area contributed by atoms with Crippen LogP contribution in [0.1, 0.15) is 30.9 Å². The second-order valence-electron chi connectivity index (χ2n) is 5.64. The molecular weight excluding hydrogens is 302 g/mol. The summed E-state index contributed by atoms with van der Waals surface area (Å²) in [6.45, 7) is 4.07. The normalized spacial score (nSPS) is 25.6. The van der Waals surface area contributed by atoms with E-state index in [0.717, 1.165) is 44.7 Å². The minimum atomic E-state index is 0.140. The number of nitrogens with two attached hydrogens (primary N) is 1. The molecule has 1 aliphatic heterocycles. The molecule has 2 aliphatic rings. The van der Waals surface area contributed by atoms with Gasteiger partial charge < -0.3 is 10.6 Å². The summed E-state index contributed by atoms with van der Waals surface area (Å²) in [5, 5.41) is 0. The van der Waals surface area contributed by atoms with Crippen LogP contribution in [0.5, 0.6) is 0 Å². The van der Waals surface area contributed by atoms with Gasteiger partial charge in [-0.15, -0.1) is 0 Å². The van der Waals surface area contributed by atoms with E-state index in [0.29, 0.717) is 0 Å². The van der Waals surface area contributed by atoms with Gasteiger partial charge in [-0.05, 0) is 48.9 Å². The van der Waals surface area contributed by atoms with Crippen molar-refractivity contribution in [2.45, 2.75) is 38.1 Å². The third-order valence-corrected chi connectivity index (χ3v) is 4.87. The third-order valence-electron chi connectivity index (χ3n) is 4.38. The molecule has 2 N–H and O–H groups in total. The molecule has 0 saturated heterocycles. The van der Waals surface area contributed by atoms with Gasteiger partial charge in [0, 0.05) is 11.0 Å². The molecule has 1 aliphatic carbocycles. The quantitative estimate of drug-likeness (QED) is 0.910. The molecule has 19 heavy (non-hydrogen) atoms. The molecule has 1 atom stereocenters. The monoisotopic (exact) mass is 321 g/mol. The highest BCUT2D eigenvalue weighted by Gasteiger charge is 2.43. The van der Waals surface area contributed by atoms with E-state index in [1.165, 1.54) is 15.6 Å². The predicted molar refractivity (Wildman–Crippen MR) is 82.4 cm³/mol. The van der Waals surface area contributed by atoms with Crippen molar-refractivity contribution in [1.82, 2.24) is 4.90 Å². The second kappa shape index (κ2) is 4.82. The zero-order chi connectivity index (χ0) is 13.5. The van der Waals surface area contributed by atoms with Crippen molar-refractivity contribution in [2.75, 3.05) is 13.1 Å². The Kier molecular flexibility index (Phi) is 3.29. The number of halogens is 1. The van der Waals surface area contributed by atoms with Crippen molar-refractivity contribution in [3.05, 3.63) is 33.8 Å². The van der Waals surface area contributed by atoms with Crippen molar-refractivity contribution in [3.63, 3.8) is 0 Å². The average molecular weight is 322 g/mol. The lowest BCUT2D eigenvalue weighted by Gasteiger charge is -2.42. The van der Waals surface area contributed by atoms with Crippen molar-refractivity contribution in [1.29, 1.82) is 0 Å². The van der Waals surface area contributed by atoms with Gasteiger partial charge in [-0.25, -0.2) is 0 Å². The maximum absolute atomic E-state index is 6.08. The number of nitrogens with zero attached hydrogens (tertiary/aromatic N) is 2. The van der Waals surface area contributed by atoms with E-state index >= 15 is 0 Å². The Hall–Kier alpha value is -1.03. The highest BCUT2D eigenvalue weighted by Crippen LogP contribution is 2.37. The Balaban J connectivity index is 1.90. The van der Waals surface area contributed by atoms with Gasteiger partial charge >= 0.3 is 0 Å². The first-order chi connectivity index (χ1) is 9.14. The molecule has 3 rings (SSSR count). The molecule has 1 unspecified atom stereocenters. The van der Waals surface area contributed by atoms with Gasteiger partial charge in [0.1, 0.15) is 0 Å². The van der Waals surface area contributed by atoms with E-state index in [-0.39, 0.29) is 5.54 Å². The lowest BCUT2D eigenvalue weighted by atomic mass is 9.77. The largest absolute Gasteiger partial charge is 0.370 e. The van der Waals surface area contributed by atoms with Crippen LogP contribution in [0.15, 0.2) is 27.7 Å². The number of fused-ring (bicyclic) bond motifs is 1. The Labute approximate surface area is 123 Å². The number of benzene rings is 1. The maximum atomic E-state index is 6.08. The molecule has 3 nitrogen and oxygen atoms in total. The Morgan fingerprint density at radius 1 is 1.42 bits per heavy atom. The SMILES string of the molecule is CCCN1C(N)=NCC12CCc1cc(Br)ccc1C2. The molecular formula is C15H20BrN3. The van der Waals surface area contributed by atoms with Crippen molar-refractivity contribution in [2.24, 2.45) is 10.7 Å². The van der Waals surface area contributed by atoms with E-state index in [4.69, 9.17) is 5.73 Å². The standard InChI is InChI=1S/C15H20BrN3/c1-2-7-19-14(17)18-10-15(19)6-5-11-8-13(16)4-3-12(11)9-15/h3-4,8H,2,5-7,9-10H2,1H3,(H2,17,18). The molecule has 0 radical (unpaired) electrons. The van der Waals surface area contributed by atoms with Crippen LogP contribution in [-0.4, -0.2) is 29.5 Å². The summed E-state index contributed by atoms with van der Waals surface area (Å²) in [5.41, 5.74) is 9.16. The fourth-order valence-electron chi connectivity index (χ4n) is 3.39. The summed E-state index contributed by atoms with van der Waals surface area (Å²) in [7, 11) is 0. The smallest absolute Gasteiger partial charge is 0.191 e. The van der Waals surface area contributed by atoms with E-state index < -0.39 is 0 Å². The zero-order valence-corrected chi connectivity index (χ0v) is 12.9. The molecule has 1 spiro atoms. The lowest BCUT2D eigenvalue weighted by molar-refractivity contribution is 0.176. The minimum absolute atomic E-state index is 0.140. The van der Waals surface area contributed by atoms with E-state index in [2.05, 4.69) is 50.9 Å². The summed E-state index contributed by atoms with van der Waals surface area (Å²) in [5.74, 6) is 0.738. The van der Waals surface area contributed by atoms with Gasteiger partial charge in [-0.1, -0.05) is 28.9 Å². The third kappa shape index (κ3) is 2.16. The summed E-state index contributed by atoms with van der Waals surface area (Å²) in [6, 6.07) is 6.64. The molecule has 1 heterocycles. The molecule has 0 amide bonds. The molecule has 1 aromatic rings. The predicted octanol–water partition coefficient (Wildman–Crippen LogP) is 2.72. The summed E-state index contributed by atoms with van der Waals surface area (Å²) in [6.07, 6.45) is 4.46. The molecule has 1 aromatic carbocycles. The van der Waals surface area contributed by atoms with E-state index in [1.54, 1.807) is 0 Å². The van der Waals surface area contributed by atoms with E-state index in [1.807, 2.05) is 0 Å². The zero-order valence-electron chi connectivity index (χ0n) is 11.3. The number of hydrogen-bond acceptors (Lipinski definition) is 3. The number of rotatable bonds is 2. The fourth-order valence-corrected chi connectivity index (χ4v) is 3.80. The van der Waals surface area contributed by atoms with Crippen molar-refractivity contribution < 1.29 is 0 Å². The van der Waals surface area contributed by atoms with Crippen molar-refractivity contribution in [3.8, 4) is 0 Å². The molecule has 0 fully saturated rings. The van der Waals surface area contributed by atoms with Gasteiger partial charge in [-0.2, -0.15) is 0 Å². The van der Waals surface area contributed by atoms with Gasteiger partial charge in [0.25, 0.3) is 0 Å². The average Bonchev–Trinajstić information content (AvgIpc) is 2.69. The number of aryl methyl sites for hydroxylation is 1. The van der Waals surface area contributed by atoms with Gasteiger partial charge in [-0.3, -0.25) is 4.99 Å². The first-order valence-corrected chi connectivity index (χ1v) is 7.79. The van der Waals surface area contributed by atoms with Gasteiger partial charge in [0.2, 0.25) is 0 Å². The van der Waals surface area contributed by atoms with Crippen LogP contribution in [0.25, 0.3) is 0 Å². The Bertz CT molecular complexity index is 526. The molecule has 0 bridgehead atoms. The van der Waals surface area contributed by atoms with Crippen LogP contribution < -0.4 is 5.73 Å². The van der Waals surface area contributed by atoms with Crippen LogP contribution in [0.4, 0.5) is 0 Å². The van der Waals surface area contributed by atoms with E-state index in [9.17, 15) is 0 Å². The highest BCUT2D eigenvalue weighted by atomic mass is 79.9. The maximum Gasteiger partial charge on any atom is 0.191 e.